The van der Waals surface area contributed by atoms with Crippen molar-refractivity contribution in [3.05, 3.63) is 0 Å². The fourth-order valence-corrected chi connectivity index (χ4v) is 0. The Bertz CT molecular complexity index is 30.6. The minimum atomic E-state index is 0. The van der Waals surface area contributed by atoms with Crippen LogP contribution < -0.4 is 87.8 Å². The average molecular weight is 500 g/mol. The minimum Gasteiger partial charge on any atom is -1.00 e. The molecule has 0 rings (SSSR count). The maximum absolute atomic E-state index is 0. The first kappa shape index (κ1) is 50.4. The molecule has 0 aromatic rings. The average Bonchev–Trinajstić information content (AvgIpc) is 0. The van der Waals surface area contributed by atoms with Crippen LogP contribution in [0, 0.1) is 0 Å². The van der Waals surface area contributed by atoms with Gasteiger partial charge in [-0.1, -0.05) is 0 Å². The van der Waals surface area contributed by atoms with E-state index >= 15 is 0 Å². The molecule has 0 unspecified atom stereocenters. The van der Waals surface area contributed by atoms with Crippen molar-refractivity contribution in [2.45, 2.75) is 0 Å². The summed E-state index contributed by atoms with van der Waals surface area (Å²) < 4.78 is 0. The summed E-state index contributed by atoms with van der Waals surface area (Å²) >= 11 is 0. The van der Waals surface area contributed by atoms with Gasteiger partial charge in [-0.2, -0.15) is 0 Å². The van der Waals surface area contributed by atoms with Crippen molar-refractivity contribution in [3.63, 3.8) is 0 Å². The Hall–Kier alpha value is 6.37. The van der Waals surface area contributed by atoms with Gasteiger partial charge >= 0.3 is 149 Å². The Morgan fingerprint density at radius 3 is 1.00 bits per heavy atom. The maximum Gasteiger partial charge on any atom is 2.00 e. The van der Waals surface area contributed by atoms with Crippen molar-refractivity contribution >= 4 is 119 Å². The van der Waals surface area contributed by atoms with Gasteiger partial charge in [0.25, 0.3) is 0 Å². The molecule has 0 saturated carbocycles. The third kappa shape index (κ3) is 32.8. The zero-order valence-electron chi connectivity index (χ0n) is 10.6. The molecule has 0 atom stereocenters. The second-order valence-electron chi connectivity index (χ2n) is 0. The largest absolute Gasteiger partial charge is 2.00 e. The summed E-state index contributed by atoms with van der Waals surface area (Å²) in [7, 11) is 0. The zero-order chi connectivity index (χ0) is 0. The van der Waals surface area contributed by atoms with Crippen molar-refractivity contribution < 1.29 is 96.3 Å². The molecule has 0 aromatic carbocycles. The van der Waals surface area contributed by atoms with E-state index in [2.05, 4.69) is 0 Å². The van der Waals surface area contributed by atoms with Crippen LogP contribution in [0.25, 0.3) is 0 Å². The molecule has 7 heavy (non-hydrogen) atoms. The van der Waals surface area contributed by atoms with Crippen LogP contribution >= 0.6 is 57.9 Å². The Labute approximate surface area is 208 Å². The smallest absolute Gasteiger partial charge is 1.00 e. The molecule has 0 radical (unpaired) electrons. The van der Waals surface area contributed by atoms with Gasteiger partial charge in [0, 0.05) is 0 Å². The van der Waals surface area contributed by atoms with E-state index in [0.29, 0.717) is 0 Å². The molecule has 0 aliphatic heterocycles. The molecule has 0 aromatic heterocycles. The molecule has 0 N–H and O–H groups in total. The second kappa shape index (κ2) is 39.4. The summed E-state index contributed by atoms with van der Waals surface area (Å²) in [6.07, 6.45) is 0. The van der Waals surface area contributed by atoms with Gasteiger partial charge in [-0.3, -0.25) is 0 Å². The van der Waals surface area contributed by atoms with E-state index in [9.17, 15) is 0 Å². The molecule has 0 amide bonds. The van der Waals surface area contributed by atoms with Gasteiger partial charge in [0.05, 0.1) is 0 Å². The first-order chi connectivity index (χ1) is 0. The van der Waals surface area contributed by atoms with Crippen molar-refractivity contribution in [1.29, 1.82) is 0 Å². The molecule has 0 saturated heterocycles. The Kier molecular flexibility index (Phi) is 284. The van der Waals surface area contributed by atoms with Crippen molar-refractivity contribution in [3.8, 4) is 0 Å². The van der Waals surface area contributed by atoms with Gasteiger partial charge in [-0.05, 0) is 0 Å². The summed E-state index contributed by atoms with van der Waals surface area (Å²) in [6.45, 7) is 0. The summed E-state index contributed by atoms with van der Waals surface area (Å²) in [5.74, 6) is 0. The summed E-state index contributed by atoms with van der Waals surface area (Å²) in [5.41, 5.74) is 0. The van der Waals surface area contributed by atoms with Crippen molar-refractivity contribution in [1.82, 2.24) is 0 Å². The maximum atomic E-state index is 0. The van der Waals surface area contributed by atoms with Crippen LogP contribution in [0.5, 0.6) is 0 Å². The van der Waals surface area contributed by atoms with Gasteiger partial charge < -0.3 is 8.56 Å². The molecule has 0 fully saturated rings. The van der Waals surface area contributed by atoms with Gasteiger partial charge in [-0.25, -0.2) is 0 Å². The monoisotopic (exact) mass is 498 g/mol. The SMILES string of the molecule is Br.Br.I.[Ca+2].[Cs+].[H-].[H-].[H-].[H-].[H-].[H-].[Li+].[Mg+2]. The molecule has 36 valence electrons. The number of rotatable bonds is 0. The zero-order valence-corrected chi connectivity index (χ0v) is 20.3. The summed E-state index contributed by atoms with van der Waals surface area (Å²) in [5, 5.41) is 0. The minimum absolute atomic E-state index is 0. The number of hydrogen-bond acceptors (Lipinski definition) is 0. The van der Waals surface area contributed by atoms with E-state index in [1.807, 2.05) is 0 Å². The van der Waals surface area contributed by atoms with Crippen LogP contribution in [0.15, 0.2) is 0 Å². The predicted octanol–water partition coefficient (Wildman–Crippen LogP) is -4.30. The van der Waals surface area contributed by atoms with Crippen LogP contribution in [0.2, 0.25) is 0 Å². The van der Waals surface area contributed by atoms with E-state index < -0.39 is 0 Å². The summed E-state index contributed by atoms with van der Waals surface area (Å²) in [4.78, 5) is 0. The third-order valence-electron chi connectivity index (χ3n) is 0. The molecule has 0 nitrogen and oxygen atoms in total. The summed E-state index contributed by atoms with van der Waals surface area (Å²) in [6, 6.07) is 0. The topological polar surface area (TPSA) is 0 Å². The molecule has 0 aliphatic rings. The van der Waals surface area contributed by atoms with Crippen LogP contribution in [0.3, 0.4) is 0 Å². The van der Waals surface area contributed by atoms with Crippen LogP contribution in [0.1, 0.15) is 8.56 Å². The number of hydrogen-bond donors (Lipinski definition) is 0. The van der Waals surface area contributed by atoms with E-state index in [0.717, 1.165) is 0 Å². The van der Waals surface area contributed by atoms with Gasteiger partial charge in [-0.15, -0.1) is 57.9 Å². The number of halogens is 3. The van der Waals surface area contributed by atoms with E-state index in [1.54, 1.807) is 0 Å². The molecule has 0 heterocycles. The Morgan fingerprint density at radius 2 is 1.00 bits per heavy atom. The van der Waals surface area contributed by atoms with Crippen LogP contribution in [-0.4, -0.2) is 60.8 Å². The fraction of sp³-hybridized carbons (Fsp3) is 0. The van der Waals surface area contributed by atoms with Crippen LogP contribution in [-0.2, 0) is 0 Å². The first-order valence-electron chi connectivity index (χ1n) is 0. The van der Waals surface area contributed by atoms with E-state index in [4.69, 9.17) is 0 Å². The van der Waals surface area contributed by atoms with E-state index in [-0.39, 0.29) is 215 Å². The Morgan fingerprint density at radius 1 is 1.00 bits per heavy atom. The molecular formula is H9Br2CaCsILiMg. The Balaban J connectivity index is 0. The van der Waals surface area contributed by atoms with E-state index in [1.165, 1.54) is 0 Å². The van der Waals surface area contributed by atoms with Gasteiger partial charge in [0.2, 0.25) is 0 Å². The standard InChI is InChI=1S/2BrH.Ca.Cs.HI.Li.Mg.6H/h2*1H;;;1H;;;;;;;;/q;;+2;+1;;+1;+2;6*-1. The van der Waals surface area contributed by atoms with Crippen LogP contribution in [0.4, 0.5) is 0 Å². The molecule has 0 aliphatic carbocycles. The van der Waals surface area contributed by atoms with Gasteiger partial charge in [0.1, 0.15) is 0 Å². The molecular weight excluding hydrogens is 491 g/mol. The quantitative estimate of drug-likeness (QED) is 0.234. The second-order valence-corrected chi connectivity index (χ2v) is 0. The fourth-order valence-electron chi connectivity index (χ4n) is 0. The predicted molar refractivity (Wildman–Crippen MR) is 54.2 cm³/mol. The normalized spacial score (nSPS) is 0. The molecule has 7 heteroatoms. The molecule has 0 spiro atoms. The van der Waals surface area contributed by atoms with Crippen molar-refractivity contribution in [2.24, 2.45) is 0 Å². The first-order valence-corrected chi connectivity index (χ1v) is 0. The van der Waals surface area contributed by atoms with Gasteiger partial charge in [0.15, 0.2) is 0 Å². The molecule has 0 bridgehead atoms. The van der Waals surface area contributed by atoms with Crippen molar-refractivity contribution in [2.75, 3.05) is 0 Å². The third-order valence-corrected chi connectivity index (χ3v) is 0.